The number of nitrogens with zero attached hydrogens (tertiary/aromatic N) is 1. The lowest BCUT2D eigenvalue weighted by Crippen LogP contribution is -2.02. The van der Waals surface area contributed by atoms with E-state index in [1.165, 1.54) is 14.2 Å². The van der Waals surface area contributed by atoms with E-state index in [1.807, 2.05) is 13.0 Å². The Kier molecular flexibility index (Phi) is 4.47. The second-order valence-electron chi connectivity index (χ2n) is 4.44. The summed E-state index contributed by atoms with van der Waals surface area (Å²) in [7, 11) is 3.04. The SMILES string of the molecule is COc1cc(C(O)c2cncc(C)c2)cc(Cl)c1OC. The maximum atomic E-state index is 10.4. The van der Waals surface area contributed by atoms with Gasteiger partial charge in [0.05, 0.1) is 19.2 Å². The molecule has 0 bridgehead atoms. The number of pyridine rings is 1. The number of halogens is 1. The molecule has 0 amide bonds. The van der Waals surface area contributed by atoms with Crippen LogP contribution in [0.3, 0.4) is 0 Å². The molecule has 2 aromatic rings. The first kappa shape index (κ1) is 14.6. The summed E-state index contributed by atoms with van der Waals surface area (Å²) in [6.07, 6.45) is 2.54. The van der Waals surface area contributed by atoms with Crippen molar-refractivity contribution in [3.05, 3.63) is 52.3 Å². The van der Waals surface area contributed by atoms with Crippen LogP contribution in [0.1, 0.15) is 22.8 Å². The van der Waals surface area contributed by atoms with Crippen LogP contribution in [-0.2, 0) is 0 Å². The molecule has 0 spiro atoms. The first-order valence-corrected chi connectivity index (χ1v) is 6.45. The lowest BCUT2D eigenvalue weighted by molar-refractivity contribution is 0.219. The molecule has 1 aromatic carbocycles. The maximum absolute atomic E-state index is 10.4. The van der Waals surface area contributed by atoms with Crippen LogP contribution < -0.4 is 9.47 Å². The van der Waals surface area contributed by atoms with Crippen molar-refractivity contribution in [3.8, 4) is 11.5 Å². The molecule has 1 aromatic heterocycles. The highest BCUT2D eigenvalue weighted by molar-refractivity contribution is 6.32. The number of benzene rings is 1. The average molecular weight is 294 g/mol. The van der Waals surface area contributed by atoms with Crippen molar-refractivity contribution in [2.75, 3.05) is 14.2 Å². The second-order valence-corrected chi connectivity index (χ2v) is 4.84. The Hall–Kier alpha value is -1.78. The Balaban J connectivity index is 2.45. The molecular formula is C15H16ClNO3. The summed E-state index contributed by atoms with van der Waals surface area (Å²) >= 11 is 6.14. The molecule has 0 fully saturated rings. The maximum Gasteiger partial charge on any atom is 0.179 e. The quantitative estimate of drug-likeness (QED) is 0.941. The normalized spacial score (nSPS) is 12.1. The number of aliphatic hydroxyl groups is 1. The fourth-order valence-electron chi connectivity index (χ4n) is 2.02. The summed E-state index contributed by atoms with van der Waals surface area (Å²) in [6.45, 7) is 1.92. The smallest absolute Gasteiger partial charge is 0.179 e. The number of methoxy groups -OCH3 is 2. The zero-order valence-electron chi connectivity index (χ0n) is 11.6. The van der Waals surface area contributed by atoms with Crippen molar-refractivity contribution in [2.24, 2.45) is 0 Å². The van der Waals surface area contributed by atoms with E-state index in [0.717, 1.165) is 5.56 Å². The summed E-state index contributed by atoms with van der Waals surface area (Å²) in [5.74, 6) is 0.933. The molecule has 0 aliphatic carbocycles. The van der Waals surface area contributed by atoms with Gasteiger partial charge < -0.3 is 14.6 Å². The molecule has 0 radical (unpaired) electrons. The predicted octanol–water partition coefficient (Wildman–Crippen LogP) is 3.14. The predicted molar refractivity (Wildman–Crippen MR) is 77.6 cm³/mol. The molecule has 0 saturated heterocycles. The van der Waals surface area contributed by atoms with E-state index in [-0.39, 0.29) is 0 Å². The molecule has 0 aliphatic heterocycles. The first-order chi connectivity index (χ1) is 9.56. The standard InChI is InChI=1S/C15H16ClNO3/c1-9-4-11(8-17-7-9)14(18)10-5-12(16)15(20-3)13(6-10)19-2/h4-8,14,18H,1-3H3. The molecule has 106 valence electrons. The van der Waals surface area contributed by atoms with E-state index < -0.39 is 6.10 Å². The first-order valence-electron chi connectivity index (χ1n) is 6.08. The molecule has 0 saturated carbocycles. The van der Waals surface area contributed by atoms with Crippen LogP contribution in [-0.4, -0.2) is 24.3 Å². The van der Waals surface area contributed by atoms with Gasteiger partial charge in [-0.25, -0.2) is 0 Å². The highest BCUT2D eigenvalue weighted by atomic mass is 35.5. The van der Waals surface area contributed by atoms with E-state index in [9.17, 15) is 5.11 Å². The van der Waals surface area contributed by atoms with Crippen LogP contribution in [0, 0.1) is 6.92 Å². The molecule has 2 rings (SSSR count). The number of ether oxygens (including phenoxy) is 2. The van der Waals surface area contributed by atoms with E-state index in [2.05, 4.69) is 4.98 Å². The van der Waals surface area contributed by atoms with Gasteiger partial charge in [0.15, 0.2) is 11.5 Å². The van der Waals surface area contributed by atoms with Gasteiger partial charge in [0, 0.05) is 18.0 Å². The zero-order chi connectivity index (χ0) is 14.7. The van der Waals surface area contributed by atoms with Gasteiger partial charge in [-0.05, 0) is 30.2 Å². The summed E-state index contributed by atoms with van der Waals surface area (Å²) in [5, 5.41) is 10.8. The third-order valence-corrected chi connectivity index (χ3v) is 3.26. The van der Waals surface area contributed by atoms with Gasteiger partial charge in [-0.15, -0.1) is 0 Å². The minimum atomic E-state index is -0.820. The Labute approximate surface area is 122 Å². The second kappa shape index (κ2) is 6.11. The molecule has 1 atom stereocenters. The number of hydrogen-bond donors (Lipinski definition) is 1. The fourth-order valence-corrected chi connectivity index (χ4v) is 2.31. The molecule has 0 aliphatic rings. The van der Waals surface area contributed by atoms with Crippen molar-refractivity contribution >= 4 is 11.6 Å². The van der Waals surface area contributed by atoms with Crippen LogP contribution in [0.5, 0.6) is 11.5 Å². The Morgan fingerprint density at radius 2 is 1.85 bits per heavy atom. The van der Waals surface area contributed by atoms with Crippen LogP contribution >= 0.6 is 11.6 Å². The third-order valence-electron chi connectivity index (χ3n) is 2.98. The minimum Gasteiger partial charge on any atom is -0.493 e. The Bertz CT molecular complexity index is 616. The molecular weight excluding hydrogens is 278 g/mol. The van der Waals surface area contributed by atoms with Gasteiger partial charge in [-0.3, -0.25) is 4.98 Å². The number of hydrogen-bond acceptors (Lipinski definition) is 4. The number of rotatable bonds is 4. The van der Waals surface area contributed by atoms with Gasteiger partial charge in [0.1, 0.15) is 6.10 Å². The van der Waals surface area contributed by atoms with Crippen molar-refractivity contribution in [1.82, 2.24) is 4.98 Å². The van der Waals surface area contributed by atoms with Crippen molar-refractivity contribution < 1.29 is 14.6 Å². The lowest BCUT2D eigenvalue weighted by Gasteiger charge is -2.16. The van der Waals surface area contributed by atoms with Crippen LogP contribution in [0.25, 0.3) is 0 Å². The zero-order valence-corrected chi connectivity index (χ0v) is 12.3. The van der Waals surface area contributed by atoms with Gasteiger partial charge in [-0.1, -0.05) is 17.7 Å². The lowest BCUT2D eigenvalue weighted by atomic mass is 10.0. The Morgan fingerprint density at radius 1 is 1.10 bits per heavy atom. The molecule has 20 heavy (non-hydrogen) atoms. The van der Waals surface area contributed by atoms with Crippen LogP contribution in [0.15, 0.2) is 30.6 Å². The average Bonchev–Trinajstić information content (AvgIpc) is 2.45. The molecule has 5 heteroatoms. The van der Waals surface area contributed by atoms with Gasteiger partial charge in [-0.2, -0.15) is 0 Å². The third kappa shape index (κ3) is 2.86. The Morgan fingerprint density at radius 3 is 2.45 bits per heavy atom. The monoisotopic (exact) mass is 293 g/mol. The van der Waals surface area contributed by atoms with Gasteiger partial charge in [0.25, 0.3) is 0 Å². The van der Waals surface area contributed by atoms with E-state index in [0.29, 0.717) is 27.6 Å². The summed E-state index contributed by atoms with van der Waals surface area (Å²) < 4.78 is 10.4. The van der Waals surface area contributed by atoms with Gasteiger partial charge >= 0.3 is 0 Å². The molecule has 1 unspecified atom stereocenters. The van der Waals surface area contributed by atoms with E-state index in [1.54, 1.807) is 24.5 Å². The topological polar surface area (TPSA) is 51.6 Å². The van der Waals surface area contributed by atoms with Crippen molar-refractivity contribution in [3.63, 3.8) is 0 Å². The van der Waals surface area contributed by atoms with Crippen molar-refractivity contribution in [1.29, 1.82) is 0 Å². The van der Waals surface area contributed by atoms with Crippen molar-refractivity contribution in [2.45, 2.75) is 13.0 Å². The van der Waals surface area contributed by atoms with Crippen LogP contribution in [0.2, 0.25) is 5.02 Å². The number of aromatic nitrogens is 1. The summed E-state index contributed by atoms with van der Waals surface area (Å²) in [6, 6.07) is 5.25. The minimum absolute atomic E-state index is 0.390. The van der Waals surface area contributed by atoms with Gasteiger partial charge in [0.2, 0.25) is 0 Å². The summed E-state index contributed by atoms with van der Waals surface area (Å²) in [5.41, 5.74) is 2.31. The number of aryl methyl sites for hydroxylation is 1. The summed E-state index contributed by atoms with van der Waals surface area (Å²) in [4.78, 5) is 4.08. The fraction of sp³-hybridized carbons (Fsp3) is 0.267. The van der Waals surface area contributed by atoms with E-state index in [4.69, 9.17) is 21.1 Å². The highest BCUT2D eigenvalue weighted by Gasteiger charge is 2.17. The largest absolute Gasteiger partial charge is 0.493 e. The highest BCUT2D eigenvalue weighted by Crippen LogP contribution is 2.38. The molecule has 4 nitrogen and oxygen atoms in total. The molecule has 1 N–H and O–H groups in total. The van der Waals surface area contributed by atoms with E-state index >= 15 is 0 Å². The van der Waals surface area contributed by atoms with Crippen LogP contribution in [0.4, 0.5) is 0 Å². The molecule has 1 heterocycles. The number of aliphatic hydroxyl groups excluding tert-OH is 1.